The highest BCUT2D eigenvalue weighted by Gasteiger charge is 2.19. The topological polar surface area (TPSA) is 12.0 Å². The van der Waals surface area contributed by atoms with Crippen LogP contribution in [-0.2, 0) is 0 Å². The van der Waals surface area contributed by atoms with Crippen molar-refractivity contribution in [1.29, 1.82) is 0 Å². The van der Waals surface area contributed by atoms with Crippen LogP contribution in [0.25, 0.3) is 6.08 Å². The van der Waals surface area contributed by atoms with E-state index >= 15 is 0 Å². The molecule has 0 bridgehead atoms. The van der Waals surface area contributed by atoms with Crippen molar-refractivity contribution in [2.45, 2.75) is 58.4 Å². The molecule has 0 atom stereocenters. The van der Waals surface area contributed by atoms with E-state index in [1.165, 1.54) is 37.7 Å². The lowest BCUT2D eigenvalue weighted by Crippen LogP contribution is -2.38. The highest BCUT2D eigenvalue weighted by atomic mass is 14.9. The fraction of sp³-hybridized carbons (Fsp3) is 0.579. The van der Waals surface area contributed by atoms with E-state index in [0.29, 0.717) is 0 Å². The Bertz CT molecular complexity index is 419. The lowest BCUT2D eigenvalue weighted by atomic mass is 9.82. The molecule has 0 radical (unpaired) electrons. The summed E-state index contributed by atoms with van der Waals surface area (Å²) in [4.78, 5) is 0. The fourth-order valence-electron chi connectivity index (χ4n) is 2.92. The minimum Gasteiger partial charge on any atom is -0.308 e. The molecule has 1 aliphatic carbocycles. The fourth-order valence-corrected chi connectivity index (χ4v) is 2.92. The molecule has 1 N–H and O–H groups in total. The van der Waals surface area contributed by atoms with Gasteiger partial charge in [-0.15, -0.1) is 0 Å². The molecule has 0 amide bonds. The maximum atomic E-state index is 3.67. The van der Waals surface area contributed by atoms with Crippen LogP contribution in [0.5, 0.6) is 0 Å². The molecule has 1 nitrogen and oxygen atoms in total. The molecule has 1 saturated carbocycles. The molecule has 1 aromatic rings. The first-order valence-corrected chi connectivity index (χ1v) is 8.05. The summed E-state index contributed by atoms with van der Waals surface area (Å²) in [6.45, 7) is 7.75. The molecule has 0 unspecified atom stereocenters. The monoisotopic (exact) mass is 271 g/mol. The SMILES string of the molecule is CC(C)(C)NC/C(=C/c1ccccc1)C1CCCCC1. The predicted octanol–water partition coefficient (Wildman–Crippen LogP) is 5.04. The van der Waals surface area contributed by atoms with Gasteiger partial charge in [-0.3, -0.25) is 0 Å². The number of nitrogens with one attached hydrogen (secondary N) is 1. The third-order valence-corrected chi connectivity index (χ3v) is 4.10. The Balaban J connectivity index is 2.12. The summed E-state index contributed by atoms with van der Waals surface area (Å²) in [7, 11) is 0. The van der Waals surface area contributed by atoms with Crippen LogP contribution in [0.3, 0.4) is 0 Å². The van der Waals surface area contributed by atoms with E-state index in [1.807, 2.05) is 0 Å². The van der Waals surface area contributed by atoms with Gasteiger partial charge in [0.2, 0.25) is 0 Å². The lowest BCUT2D eigenvalue weighted by molar-refractivity contribution is 0.378. The van der Waals surface area contributed by atoms with E-state index < -0.39 is 0 Å². The predicted molar refractivity (Wildman–Crippen MR) is 88.7 cm³/mol. The molecule has 20 heavy (non-hydrogen) atoms. The van der Waals surface area contributed by atoms with Crippen LogP contribution in [-0.4, -0.2) is 12.1 Å². The molecule has 0 aliphatic heterocycles. The minimum atomic E-state index is 0.185. The van der Waals surface area contributed by atoms with Gasteiger partial charge < -0.3 is 5.32 Å². The molecule has 2 rings (SSSR count). The van der Waals surface area contributed by atoms with Crippen molar-refractivity contribution in [2.24, 2.45) is 5.92 Å². The third kappa shape index (κ3) is 5.13. The molecule has 1 aromatic carbocycles. The van der Waals surface area contributed by atoms with Crippen LogP contribution < -0.4 is 5.32 Å². The summed E-state index contributed by atoms with van der Waals surface area (Å²) >= 11 is 0. The highest BCUT2D eigenvalue weighted by Crippen LogP contribution is 2.30. The standard InChI is InChI=1S/C19H29N/c1-19(2,3)20-15-18(17-12-8-5-9-13-17)14-16-10-6-4-7-11-16/h4,6-7,10-11,14,17,20H,5,8-9,12-13,15H2,1-3H3/b18-14-. The smallest absolute Gasteiger partial charge is 0.0175 e. The van der Waals surface area contributed by atoms with Gasteiger partial charge in [0.15, 0.2) is 0 Å². The maximum absolute atomic E-state index is 3.67. The summed E-state index contributed by atoms with van der Waals surface area (Å²) < 4.78 is 0. The van der Waals surface area contributed by atoms with Crippen molar-refractivity contribution in [3.05, 3.63) is 41.5 Å². The van der Waals surface area contributed by atoms with Gasteiger partial charge in [-0.2, -0.15) is 0 Å². The first kappa shape index (κ1) is 15.3. The summed E-state index contributed by atoms with van der Waals surface area (Å²) in [5.41, 5.74) is 3.11. The lowest BCUT2D eigenvalue weighted by Gasteiger charge is -2.28. The Morgan fingerprint density at radius 2 is 1.75 bits per heavy atom. The van der Waals surface area contributed by atoms with Gasteiger partial charge in [0.25, 0.3) is 0 Å². The zero-order valence-corrected chi connectivity index (χ0v) is 13.3. The average Bonchev–Trinajstić information content (AvgIpc) is 2.44. The van der Waals surface area contributed by atoms with Gasteiger partial charge in [0.1, 0.15) is 0 Å². The van der Waals surface area contributed by atoms with Crippen LogP contribution in [0.2, 0.25) is 0 Å². The molecular formula is C19H29N. The molecule has 1 fully saturated rings. The molecular weight excluding hydrogens is 242 g/mol. The minimum absolute atomic E-state index is 0.185. The first-order chi connectivity index (χ1) is 9.54. The molecule has 0 aromatic heterocycles. The Hall–Kier alpha value is -1.08. The van der Waals surface area contributed by atoms with Crippen LogP contribution in [0.15, 0.2) is 35.9 Å². The Labute approximate surface area is 124 Å². The summed E-state index contributed by atoms with van der Waals surface area (Å²) in [6, 6.07) is 10.8. The molecule has 1 heteroatoms. The van der Waals surface area contributed by atoms with Crippen molar-refractivity contribution < 1.29 is 0 Å². The van der Waals surface area contributed by atoms with Crippen LogP contribution >= 0.6 is 0 Å². The van der Waals surface area contributed by atoms with Crippen molar-refractivity contribution in [3.63, 3.8) is 0 Å². The van der Waals surface area contributed by atoms with Gasteiger partial charge in [-0.25, -0.2) is 0 Å². The van der Waals surface area contributed by atoms with Crippen LogP contribution in [0, 0.1) is 5.92 Å². The summed E-state index contributed by atoms with van der Waals surface area (Å²) in [6.07, 6.45) is 9.35. The molecule has 0 saturated heterocycles. The van der Waals surface area contributed by atoms with Gasteiger partial charge in [0, 0.05) is 12.1 Å². The Morgan fingerprint density at radius 3 is 2.35 bits per heavy atom. The van der Waals surface area contributed by atoms with Gasteiger partial charge in [0.05, 0.1) is 0 Å². The van der Waals surface area contributed by atoms with Gasteiger partial charge in [-0.1, -0.05) is 61.2 Å². The zero-order chi connectivity index (χ0) is 14.4. The maximum Gasteiger partial charge on any atom is 0.0175 e. The molecule has 0 heterocycles. The van der Waals surface area contributed by atoms with Gasteiger partial charge in [-0.05, 0) is 45.1 Å². The summed E-state index contributed by atoms with van der Waals surface area (Å²) in [5.74, 6) is 0.777. The molecule has 1 aliphatic rings. The average molecular weight is 271 g/mol. The second kappa shape index (κ2) is 7.08. The third-order valence-electron chi connectivity index (χ3n) is 4.10. The normalized spacial score (nSPS) is 18.2. The Morgan fingerprint density at radius 1 is 1.10 bits per heavy atom. The number of hydrogen-bond donors (Lipinski definition) is 1. The van der Waals surface area contributed by atoms with E-state index in [0.717, 1.165) is 12.5 Å². The first-order valence-electron chi connectivity index (χ1n) is 8.05. The number of rotatable bonds is 4. The van der Waals surface area contributed by atoms with Gasteiger partial charge >= 0.3 is 0 Å². The summed E-state index contributed by atoms with van der Waals surface area (Å²) in [5, 5.41) is 3.67. The van der Waals surface area contributed by atoms with Crippen molar-refractivity contribution >= 4 is 6.08 Å². The van der Waals surface area contributed by atoms with E-state index in [2.05, 4.69) is 62.5 Å². The van der Waals surface area contributed by atoms with Crippen molar-refractivity contribution in [1.82, 2.24) is 5.32 Å². The Kier molecular flexibility index (Phi) is 5.42. The highest BCUT2D eigenvalue weighted by molar-refractivity contribution is 5.53. The largest absolute Gasteiger partial charge is 0.308 e. The van der Waals surface area contributed by atoms with Crippen molar-refractivity contribution in [3.8, 4) is 0 Å². The van der Waals surface area contributed by atoms with Crippen LogP contribution in [0.1, 0.15) is 58.4 Å². The second-order valence-corrected chi connectivity index (χ2v) is 7.07. The second-order valence-electron chi connectivity index (χ2n) is 7.07. The molecule has 110 valence electrons. The van der Waals surface area contributed by atoms with Crippen molar-refractivity contribution in [2.75, 3.05) is 6.54 Å². The zero-order valence-electron chi connectivity index (χ0n) is 13.3. The molecule has 0 spiro atoms. The van der Waals surface area contributed by atoms with E-state index in [4.69, 9.17) is 0 Å². The van der Waals surface area contributed by atoms with Crippen LogP contribution in [0.4, 0.5) is 0 Å². The number of benzene rings is 1. The quantitative estimate of drug-likeness (QED) is 0.809. The van der Waals surface area contributed by atoms with E-state index in [-0.39, 0.29) is 5.54 Å². The van der Waals surface area contributed by atoms with E-state index in [1.54, 1.807) is 5.57 Å². The number of hydrogen-bond acceptors (Lipinski definition) is 1. The van der Waals surface area contributed by atoms with E-state index in [9.17, 15) is 0 Å².